The van der Waals surface area contributed by atoms with Crippen LogP contribution in [-0.2, 0) is 36.8 Å². The molecule has 16 heteroatoms. The van der Waals surface area contributed by atoms with Crippen molar-refractivity contribution in [2.45, 2.75) is 62.9 Å². The maximum atomic E-state index is 13.2. The van der Waals surface area contributed by atoms with Gasteiger partial charge < -0.3 is 47.6 Å². The largest absolute Gasteiger partial charge is 0.480 e. The van der Waals surface area contributed by atoms with Gasteiger partial charge in [0.25, 0.3) is 0 Å². The summed E-state index contributed by atoms with van der Waals surface area (Å²) in [5.41, 5.74) is 11.8. The molecule has 16 nitrogen and oxygen atoms in total. The summed E-state index contributed by atoms with van der Waals surface area (Å²) in [5, 5.41) is 26.2. The normalized spacial score (nSPS) is 15.0. The zero-order chi connectivity index (χ0) is 27.5. The molecule has 0 spiro atoms. The zero-order valence-electron chi connectivity index (χ0n) is 20.0. The number of aromatic nitrogens is 4. The topological polar surface area (TPSA) is 271 Å². The molecule has 37 heavy (non-hydrogen) atoms. The van der Waals surface area contributed by atoms with Gasteiger partial charge in [-0.25, -0.2) is 14.8 Å². The van der Waals surface area contributed by atoms with Gasteiger partial charge in [-0.15, -0.1) is 0 Å². The predicted molar refractivity (Wildman–Crippen MR) is 126 cm³/mol. The maximum Gasteiger partial charge on any atom is 0.328 e. The van der Waals surface area contributed by atoms with Gasteiger partial charge in [0.1, 0.15) is 12.1 Å². The van der Waals surface area contributed by atoms with Crippen LogP contribution >= 0.6 is 0 Å². The van der Waals surface area contributed by atoms with Crippen LogP contribution in [0.4, 0.5) is 0 Å². The van der Waals surface area contributed by atoms with Gasteiger partial charge in [0.15, 0.2) is 6.04 Å². The first kappa shape index (κ1) is 28.9. The summed E-state index contributed by atoms with van der Waals surface area (Å²) in [5.74, 6) is -4.51. The van der Waals surface area contributed by atoms with Crippen molar-refractivity contribution in [3.05, 3.63) is 36.4 Å². The van der Waals surface area contributed by atoms with Gasteiger partial charge in [-0.1, -0.05) is 0 Å². The Morgan fingerprint density at radius 2 is 1.41 bits per heavy atom. The van der Waals surface area contributed by atoms with E-state index >= 15 is 0 Å². The quantitative estimate of drug-likeness (QED) is 0.111. The number of carboxylic acid groups (broad SMARTS) is 1. The van der Waals surface area contributed by atoms with Gasteiger partial charge in [-0.2, -0.15) is 0 Å². The van der Waals surface area contributed by atoms with Crippen LogP contribution in [0.2, 0.25) is 0 Å². The van der Waals surface area contributed by atoms with Crippen LogP contribution in [0.25, 0.3) is 0 Å². The number of carbonyl (C=O) groups is 5. The molecule has 0 aliphatic heterocycles. The molecule has 4 amide bonds. The van der Waals surface area contributed by atoms with Crippen molar-refractivity contribution in [3.63, 3.8) is 0 Å². The SMILES string of the molecule is CC(O)C(NC(=O)C(Cc1cnc[nH]1)NC(=O)C(Cc1cnc[nH]1)NC(=O)C(N)CCC(N)=O)C(=O)O. The molecule has 2 heterocycles. The van der Waals surface area contributed by atoms with E-state index in [0.717, 1.165) is 0 Å². The first-order valence-electron chi connectivity index (χ1n) is 11.3. The monoisotopic (exact) mass is 521 g/mol. The van der Waals surface area contributed by atoms with Crippen molar-refractivity contribution < 1.29 is 34.2 Å². The first-order chi connectivity index (χ1) is 17.5. The van der Waals surface area contributed by atoms with E-state index in [-0.39, 0.29) is 25.7 Å². The maximum absolute atomic E-state index is 13.2. The third-order valence-corrected chi connectivity index (χ3v) is 5.31. The van der Waals surface area contributed by atoms with Gasteiger partial charge in [0.2, 0.25) is 23.6 Å². The number of H-pyrrole nitrogens is 2. The van der Waals surface area contributed by atoms with E-state index in [1.54, 1.807) is 0 Å². The summed E-state index contributed by atoms with van der Waals surface area (Å²) in [7, 11) is 0. The van der Waals surface area contributed by atoms with Crippen LogP contribution in [-0.4, -0.2) is 90.0 Å². The average molecular weight is 522 g/mol. The smallest absolute Gasteiger partial charge is 0.328 e. The van der Waals surface area contributed by atoms with Gasteiger partial charge in [-0.3, -0.25) is 19.2 Å². The van der Waals surface area contributed by atoms with E-state index in [1.165, 1.54) is 32.0 Å². The Morgan fingerprint density at radius 1 is 0.919 bits per heavy atom. The van der Waals surface area contributed by atoms with Crippen molar-refractivity contribution in [1.82, 2.24) is 35.9 Å². The standard InChI is InChI=1S/C21H31N9O7/c1-10(31)17(21(36)37)30-20(35)15(5-12-7-25-9-27-12)29-19(34)14(4-11-6-24-8-26-11)28-18(33)13(22)2-3-16(23)32/h6-10,13-15,17,31H,2-5,22H2,1H3,(H2,23,32)(H,24,26)(H,25,27)(H,28,33)(H,29,34)(H,30,35)(H,36,37). The molecule has 2 aromatic rings. The average Bonchev–Trinajstić information content (AvgIpc) is 3.53. The number of primary amides is 1. The summed E-state index contributed by atoms with van der Waals surface area (Å²) in [6.45, 7) is 1.19. The van der Waals surface area contributed by atoms with Crippen LogP contribution < -0.4 is 27.4 Å². The molecule has 0 aliphatic rings. The Hall–Kier alpha value is -4.31. The van der Waals surface area contributed by atoms with E-state index in [0.29, 0.717) is 11.4 Å². The molecule has 2 aromatic heterocycles. The van der Waals surface area contributed by atoms with Crippen molar-refractivity contribution in [2.24, 2.45) is 11.5 Å². The van der Waals surface area contributed by atoms with Gasteiger partial charge in [0, 0.05) is 43.0 Å². The highest BCUT2D eigenvalue weighted by molar-refractivity contribution is 5.94. The fraction of sp³-hybridized carbons (Fsp3) is 0.476. The minimum absolute atomic E-state index is 0.0413. The highest BCUT2D eigenvalue weighted by Crippen LogP contribution is 2.05. The summed E-state index contributed by atoms with van der Waals surface area (Å²) in [6.07, 6.45) is 3.84. The second-order valence-electron chi connectivity index (χ2n) is 8.36. The number of nitrogens with two attached hydrogens (primary N) is 2. The van der Waals surface area contributed by atoms with Crippen molar-refractivity contribution in [2.75, 3.05) is 0 Å². The number of carbonyl (C=O) groups excluding carboxylic acids is 4. The molecule has 5 unspecified atom stereocenters. The Labute approximate surface area is 211 Å². The molecule has 0 fully saturated rings. The van der Waals surface area contributed by atoms with Gasteiger partial charge in [0.05, 0.1) is 24.8 Å². The van der Waals surface area contributed by atoms with Gasteiger partial charge in [-0.05, 0) is 13.3 Å². The summed E-state index contributed by atoms with van der Waals surface area (Å²) in [6, 6.07) is -5.29. The van der Waals surface area contributed by atoms with Crippen LogP contribution in [0.1, 0.15) is 31.2 Å². The molecule has 0 saturated carbocycles. The number of aliphatic hydroxyl groups is 1. The lowest BCUT2D eigenvalue weighted by Crippen LogP contribution is -2.59. The lowest BCUT2D eigenvalue weighted by atomic mass is 10.1. The molecule has 0 radical (unpaired) electrons. The molecule has 0 aromatic carbocycles. The molecule has 0 saturated heterocycles. The number of aliphatic carboxylic acids is 1. The fourth-order valence-electron chi connectivity index (χ4n) is 3.27. The fourth-order valence-corrected chi connectivity index (χ4v) is 3.27. The second kappa shape index (κ2) is 13.7. The number of amides is 4. The van der Waals surface area contributed by atoms with E-state index < -0.39 is 59.9 Å². The minimum Gasteiger partial charge on any atom is -0.480 e. The number of carboxylic acids is 1. The molecule has 202 valence electrons. The molecule has 0 bridgehead atoms. The van der Waals surface area contributed by atoms with E-state index in [4.69, 9.17) is 11.5 Å². The highest BCUT2D eigenvalue weighted by atomic mass is 16.4. The highest BCUT2D eigenvalue weighted by Gasteiger charge is 2.32. The number of imidazole rings is 2. The molecular weight excluding hydrogens is 490 g/mol. The van der Waals surface area contributed by atoms with Crippen LogP contribution in [0, 0.1) is 0 Å². The van der Waals surface area contributed by atoms with Gasteiger partial charge >= 0.3 is 5.97 Å². The third kappa shape index (κ3) is 9.34. The summed E-state index contributed by atoms with van der Waals surface area (Å²) >= 11 is 0. The minimum atomic E-state index is -1.63. The molecule has 0 aliphatic carbocycles. The molecule has 2 rings (SSSR count). The number of hydrogen-bond donors (Lipinski definition) is 9. The number of nitrogens with zero attached hydrogens (tertiary/aromatic N) is 2. The Balaban J connectivity index is 2.22. The third-order valence-electron chi connectivity index (χ3n) is 5.31. The zero-order valence-corrected chi connectivity index (χ0v) is 20.0. The van der Waals surface area contributed by atoms with E-state index in [1.807, 2.05) is 0 Å². The van der Waals surface area contributed by atoms with Crippen LogP contribution in [0.3, 0.4) is 0 Å². The summed E-state index contributed by atoms with van der Waals surface area (Å²) in [4.78, 5) is 74.5. The number of aromatic amines is 2. The first-order valence-corrected chi connectivity index (χ1v) is 11.3. The molecule has 11 N–H and O–H groups in total. The van der Waals surface area contributed by atoms with E-state index in [2.05, 4.69) is 35.9 Å². The molecule has 5 atom stereocenters. The Kier molecular flexibility index (Phi) is 10.7. The lowest BCUT2D eigenvalue weighted by Gasteiger charge is -2.25. The second-order valence-corrected chi connectivity index (χ2v) is 8.36. The van der Waals surface area contributed by atoms with Crippen LogP contribution in [0.15, 0.2) is 25.0 Å². The summed E-state index contributed by atoms with van der Waals surface area (Å²) < 4.78 is 0. The van der Waals surface area contributed by atoms with Crippen molar-refractivity contribution >= 4 is 29.6 Å². The van der Waals surface area contributed by atoms with E-state index in [9.17, 15) is 34.2 Å². The number of aliphatic hydroxyl groups excluding tert-OH is 1. The number of rotatable bonds is 15. The number of hydrogen-bond acceptors (Lipinski definition) is 9. The molecular formula is C21H31N9O7. The van der Waals surface area contributed by atoms with Crippen molar-refractivity contribution in [3.8, 4) is 0 Å². The number of nitrogens with one attached hydrogen (secondary N) is 5. The van der Waals surface area contributed by atoms with Crippen LogP contribution in [0.5, 0.6) is 0 Å². The Bertz CT molecular complexity index is 1060. The van der Waals surface area contributed by atoms with Crippen molar-refractivity contribution in [1.29, 1.82) is 0 Å². The lowest BCUT2D eigenvalue weighted by molar-refractivity contribution is -0.145. The Morgan fingerprint density at radius 3 is 1.81 bits per heavy atom. The predicted octanol–water partition coefficient (Wildman–Crippen LogP) is -3.57.